The van der Waals surface area contributed by atoms with E-state index in [1.165, 1.54) is 12.8 Å². The van der Waals surface area contributed by atoms with Crippen molar-refractivity contribution in [3.05, 3.63) is 23.4 Å². The molecule has 1 aromatic heterocycles. The zero-order valence-electron chi connectivity index (χ0n) is 11.2. The highest BCUT2D eigenvalue weighted by atomic mass is 35.5. The van der Waals surface area contributed by atoms with E-state index in [2.05, 4.69) is 22.0 Å². The van der Waals surface area contributed by atoms with E-state index < -0.39 is 0 Å². The zero-order chi connectivity index (χ0) is 13.0. The van der Waals surface area contributed by atoms with E-state index in [0.29, 0.717) is 11.8 Å². The van der Waals surface area contributed by atoms with Crippen LogP contribution in [-0.4, -0.2) is 31.8 Å². The first-order chi connectivity index (χ1) is 8.74. The van der Waals surface area contributed by atoms with E-state index in [1.807, 2.05) is 6.92 Å². The molecule has 0 aromatic carbocycles. The maximum atomic E-state index is 5.86. The lowest BCUT2D eigenvalue weighted by molar-refractivity contribution is 0.143. The van der Waals surface area contributed by atoms with E-state index in [1.54, 1.807) is 7.11 Å². The maximum Gasteiger partial charge on any atom is 0.128 e. The number of methoxy groups -OCH3 is 1. The number of rotatable bonds is 4. The van der Waals surface area contributed by atoms with Gasteiger partial charge in [-0.2, -0.15) is 0 Å². The van der Waals surface area contributed by atoms with Crippen LogP contribution in [0.2, 0.25) is 0 Å². The van der Waals surface area contributed by atoms with Crippen molar-refractivity contribution in [1.29, 1.82) is 0 Å². The third kappa shape index (κ3) is 3.15. The molecule has 1 saturated heterocycles. The van der Waals surface area contributed by atoms with Gasteiger partial charge in [0.15, 0.2) is 0 Å². The molecule has 0 spiro atoms. The number of nitrogens with zero attached hydrogens (tertiary/aromatic N) is 2. The first-order valence-electron chi connectivity index (χ1n) is 6.51. The molecule has 4 heteroatoms. The van der Waals surface area contributed by atoms with Crippen LogP contribution in [0, 0.1) is 12.8 Å². The van der Waals surface area contributed by atoms with Gasteiger partial charge in [0, 0.05) is 31.8 Å². The van der Waals surface area contributed by atoms with Crippen LogP contribution < -0.4 is 4.90 Å². The van der Waals surface area contributed by atoms with Crippen LogP contribution >= 0.6 is 11.6 Å². The van der Waals surface area contributed by atoms with E-state index in [4.69, 9.17) is 16.3 Å². The van der Waals surface area contributed by atoms with Gasteiger partial charge < -0.3 is 9.64 Å². The van der Waals surface area contributed by atoms with Crippen LogP contribution in [0.1, 0.15) is 24.1 Å². The Morgan fingerprint density at radius 3 is 3.00 bits per heavy atom. The molecule has 2 heterocycles. The highest BCUT2D eigenvalue weighted by Crippen LogP contribution is 2.23. The number of piperidine rings is 1. The van der Waals surface area contributed by atoms with Gasteiger partial charge in [-0.15, -0.1) is 11.6 Å². The van der Waals surface area contributed by atoms with E-state index in [-0.39, 0.29) is 0 Å². The second-order valence-electron chi connectivity index (χ2n) is 4.96. The van der Waals surface area contributed by atoms with Crippen molar-refractivity contribution in [1.82, 2.24) is 4.98 Å². The van der Waals surface area contributed by atoms with Gasteiger partial charge in [0.25, 0.3) is 0 Å². The molecule has 0 bridgehead atoms. The topological polar surface area (TPSA) is 25.4 Å². The summed E-state index contributed by atoms with van der Waals surface area (Å²) in [7, 11) is 1.77. The molecule has 100 valence electrons. The molecule has 0 N–H and O–H groups in total. The Bertz CT molecular complexity index is 395. The Kier molecular flexibility index (Phi) is 4.84. The second kappa shape index (κ2) is 6.39. The van der Waals surface area contributed by atoms with Gasteiger partial charge in [-0.3, -0.25) is 0 Å². The summed E-state index contributed by atoms with van der Waals surface area (Å²) in [4.78, 5) is 7.02. The highest BCUT2D eigenvalue weighted by Gasteiger charge is 2.21. The largest absolute Gasteiger partial charge is 0.384 e. The van der Waals surface area contributed by atoms with Crippen molar-refractivity contribution >= 4 is 17.4 Å². The molecule has 3 nitrogen and oxygen atoms in total. The number of alkyl halides is 1. The van der Waals surface area contributed by atoms with Crippen LogP contribution in [-0.2, 0) is 10.6 Å². The van der Waals surface area contributed by atoms with Crippen LogP contribution in [0.15, 0.2) is 12.1 Å². The van der Waals surface area contributed by atoms with Crippen molar-refractivity contribution in [2.45, 2.75) is 25.6 Å². The van der Waals surface area contributed by atoms with Crippen molar-refractivity contribution in [3.63, 3.8) is 0 Å². The van der Waals surface area contributed by atoms with Gasteiger partial charge in [-0.25, -0.2) is 4.98 Å². The molecule has 1 atom stereocenters. The van der Waals surface area contributed by atoms with E-state index in [0.717, 1.165) is 36.8 Å². The third-order valence-corrected chi connectivity index (χ3v) is 3.86. The molecule has 0 saturated carbocycles. The molecule has 2 rings (SSSR count). The molecule has 1 aromatic rings. The van der Waals surface area contributed by atoms with Gasteiger partial charge in [0.2, 0.25) is 0 Å². The first-order valence-corrected chi connectivity index (χ1v) is 7.04. The quantitative estimate of drug-likeness (QED) is 0.785. The predicted molar refractivity (Wildman–Crippen MR) is 75.3 cm³/mol. The summed E-state index contributed by atoms with van der Waals surface area (Å²) in [5, 5.41) is 0. The fourth-order valence-electron chi connectivity index (χ4n) is 2.54. The molecular weight excluding hydrogens is 248 g/mol. The van der Waals surface area contributed by atoms with Crippen molar-refractivity contribution < 1.29 is 4.74 Å². The van der Waals surface area contributed by atoms with Gasteiger partial charge in [0.05, 0.1) is 6.61 Å². The molecule has 1 unspecified atom stereocenters. The van der Waals surface area contributed by atoms with E-state index in [9.17, 15) is 0 Å². The third-order valence-electron chi connectivity index (χ3n) is 3.57. The van der Waals surface area contributed by atoms with E-state index >= 15 is 0 Å². The van der Waals surface area contributed by atoms with Crippen LogP contribution in [0.3, 0.4) is 0 Å². The minimum absolute atomic E-state index is 0.533. The Morgan fingerprint density at radius 1 is 1.50 bits per heavy atom. The van der Waals surface area contributed by atoms with Gasteiger partial charge in [-0.05, 0) is 37.3 Å². The lowest BCUT2D eigenvalue weighted by Crippen LogP contribution is -2.37. The normalized spacial score (nSPS) is 20.2. The Morgan fingerprint density at radius 2 is 2.33 bits per heavy atom. The summed E-state index contributed by atoms with van der Waals surface area (Å²) in [5.41, 5.74) is 2.15. The van der Waals surface area contributed by atoms with Gasteiger partial charge in [-0.1, -0.05) is 6.07 Å². The van der Waals surface area contributed by atoms with Crippen LogP contribution in [0.4, 0.5) is 5.82 Å². The minimum Gasteiger partial charge on any atom is -0.384 e. The summed E-state index contributed by atoms with van der Waals surface area (Å²) >= 11 is 5.86. The number of anilines is 1. The summed E-state index contributed by atoms with van der Waals surface area (Å²) < 4.78 is 5.26. The zero-order valence-corrected chi connectivity index (χ0v) is 11.9. The SMILES string of the molecule is COCC1CCCN(c2ccc(CCl)c(C)n2)C1. The number of halogens is 1. The lowest BCUT2D eigenvalue weighted by atomic mass is 9.99. The Labute approximate surface area is 114 Å². The van der Waals surface area contributed by atoms with Crippen molar-refractivity contribution in [3.8, 4) is 0 Å². The predicted octanol–water partition coefficient (Wildman–Crippen LogP) is 2.99. The standard InChI is InChI=1S/C14H21ClN2O/c1-11-13(8-15)5-6-14(16-11)17-7-3-4-12(9-17)10-18-2/h5-6,12H,3-4,7-10H2,1-2H3. The Balaban J connectivity index is 2.08. The number of aromatic nitrogens is 1. The molecule has 0 radical (unpaired) electrons. The number of ether oxygens (including phenoxy) is 1. The number of aryl methyl sites for hydroxylation is 1. The van der Waals surface area contributed by atoms with Crippen LogP contribution in [0.5, 0.6) is 0 Å². The number of hydrogen-bond donors (Lipinski definition) is 0. The molecule has 1 aliphatic heterocycles. The second-order valence-corrected chi connectivity index (χ2v) is 5.22. The summed E-state index contributed by atoms with van der Waals surface area (Å²) in [5.74, 6) is 2.23. The minimum atomic E-state index is 0.533. The summed E-state index contributed by atoms with van der Waals surface area (Å²) in [6.07, 6.45) is 2.47. The average molecular weight is 269 g/mol. The molecule has 1 aliphatic rings. The van der Waals surface area contributed by atoms with Gasteiger partial charge >= 0.3 is 0 Å². The van der Waals surface area contributed by atoms with Crippen molar-refractivity contribution in [2.24, 2.45) is 5.92 Å². The monoisotopic (exact) mass is 268 g/mol. The number of pyridine rings is 1. The first kappa shape index (κ1) is 13.6. The molecule has 0 aliphatic carbocycles. The Hall–Kier alpha value is -0.800. The summed E-state index contributed by atoms with van der Waals surface area (Å²) in [6.45, 7) is 5.00. The molecular formula is C14H21ClN2O. The fraction of sp³-hybridized carbons (Fsp3) is 0.643. The molecule has 1 fully saturated rings. The van der Waals surface area contributed by atoms with Gasteiger partial charge in [0.1, 0.15) is 5.82 Å². The fourth-order valence-corrected chi connectivity index (χ4v) is 2.82. The molecule has 0 amide bonds. The lowest BCUT2D eigenvalue weighted by Gasteiger charge is -2.33. The summed E-state index contributed by atoms with van der Waals surface area (Å²) in [6, 6.07) is 4.17. The molecule has 18 heavy (non-hydrogen) atoms. The maximum absolute atomic E-state index is 5.86. The number of hydrogen-bond acceptors (Lipinski definition) is 3. The van der Waals surface area contributed by atoms with Crippen molar-refractivity contribution in [2.75, 3.05) is 31.7 Å². The average Bonchev–Trinajstić information content (AvgIpc) is 2.39. The highest BCUT2D eigenvalue weighted by molar-refractivity contribution is 6.17. The smallest absolute Gasteiger partial charge is 0.128 e. The van der Waals surface area contributed by atoms with Crippen LogP contribution in [0.25, 0.3) is 0 Å².